The zero-order chi connectivity index (χ0) is 13.8. The number of nitrogens with one attached hydrogen (secondary N) is 1. The first-order valence-electron chi connectivity index (χ1n) is 5.56. The van der Waals surface area contributed by atoms with Crippen LogP contribution in [0.2, 0.25) is 5.02 Å². The Morgan fingerprint density at radius 3 is 2.47 bits per heavy atom. The van der Waals surface area contributed by atoms with Gasteiger partial charge in [0.05, 0.1) is 12.2 Å². The van der Waals surface area contributed by atoms with Gasteiger partial charge < -0.3 is 10.4 Å². The Kier molecular flexibility index (Phi) is 4.14. The molecule has 0 atom stereocenters. The maximum atomic E-state index is 13.5. The first-order chi connectivity index (χ1) is 9.10. The summed E-state index contributed by atoms with van der Waals surface area (Å²) < 4.78 is 13.5. The SMILES string of the molecule is O=C(Nc1ccc(CO)cc1)c1ccc(Cl)cc1F. The number of anilines is 1. The minimum Gasteiger partial charge on any atom is -0.392 e. The van der Waals surface area contributed by atoms with Crippen molar-refractivity contribution < 1.29 is 14.3 Å². The molecule has 0 fully saturated rings. The highest BCUT2D eigenvalue weighted by Gasteiger charge is 2.12. The second-order valence-electron chi connectivity index (χ2n) is 3.93. The van der Waals surface area contributed by atoms with Crippen LogP contribution in [0.5, 0.6) is 0 Å². The number of aliphatic hydroxyl groups is 1. The number of carbonyl (C=O) groups is 1. The van der Waals surface area contributed by atoms with E-state index in [1.807, 2.05) is 0 Å². The van der Waals surface area contributed by atoms with Crippen molar-refractivity contribution in [2.24, 2.45) is 0 Å². The summed E-state index contributed by atoms with van der Waals surface area (Å²) in [4.78, 5) is 11.9. The van der Waals surface area contributed by atoms with Crippen LogP contribution in [0.15, 0.2) is 42.5 Å². The Labute approximate surface area is 114 Å². The van der Waals surface area contributed by atoms with E-state index in [0.29, 0.717) is 5.69 Å². The molecule has 2 aromatic carbocycles. The number of aliphatic hydroxyl groups excluding tert-OH is 1. The molecule has 2 N–H and O–H groups in total. The maximum Gasteiger partial charge on any atom is 0.258 e. The Balaban J connectivity index is 2.15. The molecule has 0 aliphatic heterocycles. The highest BCUT2D eigenvalue weighted by atomic mass is 35.5. The Hall–Kier alpha value is -1.91. The molecular formula is C14H11ClFNO2. The van der Waals surface area contributed by atoms with E-state index in [4.69, 9.17) is 16.7 Å². The summed E-state index contributed by atoms with van der Waals surface area (Å²) >= 11 is 5.62. The van der Waals surface area contributed by atoms with Crippen molar-refractivity contribution in [3.8, 4) is 0 Å². The van der Waals surface area contributed by atoms with E-state index in [-0.39, 0.29) is 17.2 Å². The monoisotopic (exact) mass is 279 g/mol. The predicted octanol–water partition coefficient (Wildman–Crippen LogP) is 3.22. The van der Waals surface area contributed by atoms with Crippen LogP contribution in [0.4, 0.5) is 10.1 Å². The van der Waals surface area contributed by atoms with Crippen LogP contribution in [0.1, 0.15) is 15.9 Å². The van der Waals surface area contributed by atoms with Crippen LogP contribution in [0.25, 0.3) is 0 Å². The van der Waals surface area contributed by atoms with Crippen molar-refractivity contribution in [2.75, 3.05) is 5.32 Å². The van der Waals surface area contributed by atoms with Crippen LogP contribution in [0.3, 0.4) is 0 Å². The minimum absolute atomic E-state index is 0.0694. The largest absolute Gasteiger partial charge is 0.392 e. The van der Waals surface area contributed by atoms with Gasteiger partial charge in [0.2, 0.25) is 0 Å². The molecule has 0 aromatic heterocycles. The molecule has 0 aliphatic carbocycles. The molecule has 0 heterocycles. The highest BCUT2D eigenvalue weighted by Crippen LogP contribution is 2.17. The van der Waals surface area contributed by atoms with Gasteiger partial charge in [-0.2, -0.15) is 0 Å². The quantitative estimate of drug-likeness (QED) is 0.906. The second-order valence-corrected chi connectivity index (χ2v) is 4.37. The van der Waals surface area contributed by atoms with Gasteiger partial charge in [0.25, 0.3) is 5.91 Å². The molecular weight excluding hydrogens is 269 g/mol. The van der Waals surface area contributed by atoms with Gasteiger partial charge in [-0.3, -0.25) is 4.79 Å². The lowest BCUT2D eigenvalue weighted by Crippen LogP contribution is -2.13. The summed E-state index contributed by atoms with van der Waals surface area (Å²) in [5.74, 6) is -1.22. The summed E-state index contributed by atoms with van der Waals surface area (Å²) in [6.07, 6.45) is 0. The third-order valence-electron chi connectivity index (χ3n) is 2.57. The first kappa shape index (κ1) is 13.5. The maximum absolute atomic E-state index is 13.5. The van der Waals surface area contributed by atoms with E-state index >= 15 is 0 Å². The molecule has 2 aromatic rings. The molecule has 0 spiro atoms. The summed E-state index contributed by atoms with van der Waals surface area (Å²) in [6, 6.07) is 10.5. The Morgan fingerprint density at radius 2 is 1.89 bits per heavy atom. The smallest absolute Gasteiger partial charge is 0.258 e. The van der Waals surface area contributed by atoms with Crippen LogP contribution < -0.4 is 5.32 Å². The van der Waals surface area contributed by atoms with Gasteiger partial charge in [-0.25, -0.2) is 4.39 Å². The normalized spacial score (nSPS) is 10.3. The molecule has 1 amide bonds. The number of carbonyl (C=O) groups excluding carboxylic acids is 1. The van der Waals surface area contributed by atoms with E-state index in [0.717, 1.165) is 11.6 Å². The van der Waals surface area contributed by atoms with Crippen molar-refractivity contribution in [1.82, 2.24) is 0 Å². The lowest BCUT2D eigenvalue weighted by atomic mass is 10.2. The number of benzene rings is 2. The third kappa shape index (κ3) is 3.30. The van der Waals surface area contributed by atoms with Crippen LogP contribution in [-0.2, 0) is 6.61 Å². The first-order valence-corrected chi connectivity index (χ1v) is 5.94. The predicted molar refractivity (Wildman–Crippen MR) is 71.7 cm³/mol. The average molecular weight is 280 g/mol. The Morgan fingerprint density at radius 1 is 1.21 bits per heavy atom. The zero-order valence-electron chi connectivity index (χ0n) is 9.86. The lowest BCUT2D eigenvalue weighted by molar-refractivity contribution is 0.102. The zero-order valence-corrected chi connectivity index (χ0v) is 10.6. The summed E-state index contributed by atoms with van der Waals surface area (Å²) in [5, 5.41) is 11.7. The van der Waals surface area contributed by atoms with Crippen LogP contribution >= 0.6 is 11.6 Å². The summed E-state index contributed by atoms with van der Waals surface area (Å²) in [7, 11) is 0. The molecule has 0 saturated heterocycles. The number of hydrogen-bond acceptors (Lipinski definition) is 2. The van der Waals surface area contributed by atoms with Gasteiger partial charge in [0, 0.05) is 10.7 Å². The number of hydrogen-bond donors (Lipinski definition) is 2. The van der Waals surface area contributed by atoms with Crippen molar-refractivity contribution in [2.45, 2.75) is 6.61 Å². The standard InChI is InChI=1S/C14H11ClFNO2/c15-10-3-6-12(13(16)7-10)14(19)17-11-4-1-9(8-18)2-5-11/h1-7,18H,8H2,(H,17,19). The fourth-order valence-corrected chi connectivity index (χ4v) is 1.72. The van der Waals surface area contributed by atoms with Crippen molar-refractivity contribution in [3.05, 3.63) is 64.4 Å². The molecule has 0 bridgehead atoms. The van der Waals surface area contributed by atoms with Gasteiger partial charge in [-0.05, 0) is 35.9 Å². The molecule has 0 unspecified atom stereocenters. The fraction of sp³-hybridized carbons (Fsp3) is 0.0714. The van der Waals surface area contributed by atoms with Crippen LogP contribution in [-0.4, -0.2) is 11.0 Å². The molecule has 2 rings (SSSR count). The van der Waals surface area contributed by atoms with E-state index in [9.17, 15) is 9.18 Å². The van der Waals surface area contributed by atoms with Gasteiger partial charge in [0.15, 0.2) is 0 Å². The van der Waals surface area contributed by atoms with E-state index in [2.05, 4.69) is 5.32 Å². The third-order valence-corrected chi connectivity index (χ3v) is 2.81. The Bertz CT molecular complexity index is 599. The van der Waals surface area contributed by atoms with Crippen LogP contribution in [0, 0.1) is 5.82 Å². The van der Waals surface area contributed by atoms with Crippen molar-refractivity contribution >= 4 is 23.2 Å². The molecule has 0 saturated carbocycles. The summed E-state index contributed by atoms with van der Waals surface area (Å²) in [5.41, 5.74) is 1.18. The van der Waals surface area contributed by atoms with E-state index < -0.39 is 11.7 Å². The van der Waals surface area contributed by atoms with Gasteiger partial charge in [-0.15, -0.1) is 0 Å². The number of halogens is 2. The fourth-order valence-electron chi connectivity index (χ4n) is 1.57. The van der Waals surface area contributed by atoms with Gasteiger partial charge in [-0.1, -0.05) is 23.7 Å². The van der Waals surface area contributed by atoms with E-state index in [1.54, 1.807) is 24.3 Å². The molecule has 19 heavy (non-hydrogen) atoms. The van der Waals surface area contributed by atoms with Gasteiger partial charge >= 0.3 is 0 Å². The molecule has 0 radical (unpaired) electrons. The molecule has 0 aliphatic rings. The molecule has 5 heteroatoms. The lowest BCUT2D eigenvalue weighted by Gasteiger charge is -2.07. The van der Waals surface area contributed by atoms with Gasteiger partial charge in [0.1, 0.15) is 5.82 Å². The number of amides is 1. The molecule has 98 valence electrons. The number of rotatable bonds is 3. The second kappa shape index (κ2) is 5.82. The topological polar surface area (TPSA) is 49.3 Å². The van der Waals surface area contributed by atoms with Crippen molar-refractivity contribution in [1.29, 1.82) is 0 Å². The average Bonchev–Trinajstić information content (AvgIpc) is 2.39. The molecule has 3 nitrogen and oxygen atoms in total. The van der Waals surface area contributed by atoms with E-state index in [1.165, 1.54) is 12.1 Å². The minimum atomic E-state index is -0.669. The summed E-state index contributed by atoms with van der Waals surface area (Å²) in [6.45, 7) is -0.0694. The highest BCUT2D eigenvalue weighted by molar-refractivity contribution is 6.30. The van der Waals surface area contributed by atoms with Crippen molar-refractivity contribution in [3.63, 3.8) is 0 Å².